The van der Waals surface area contributed by atoms with Crippen LogP contribution in [0.5, 0.6) is 0 Å². The normalized spacial score (nSPS) is 15.6. The van der Waals surface area contributed by atoms with Gasteiger partial charge in [0.2, 0.25) is 0 Å². The predicted molar refractivity (Wildman–Crippen MR) is 139 cm³/mol. The Morgan fingerprint density at radius 1 is 1.08 bits per heavy atom. The first-order valence-electron chi connectivity index (χ1n) is 12.3. The average Bonchev–Trinajstić information content (AvgIpc) is 2.91. The lowest BCUT2D eigenvalue weighted by Gasteiger charge is -2.26. The van der Waals surface area contributed by atoms with Crippen molar-refractivity contribution in [1.29, 1.82) is 0 Å². The monoisotopic (exact) mass is 517 g/mol. The first-order chi connectivity index (χ1) is 17.5. The maximum Gasteiger partial charge on any atom is 0.406 e. The van der Waals surface area contributed by atoms with E-state index in [4.69, 9.17) is 21.1 Å². The third-order valence-corrected chi connectivity index (χ3v) is 6.56. The highest BCUT2D eigenvalue weighted by Gasteiger charge is 2.20. The fourth-order valence-electron chi connectivity index (χ4n) is 4.31. The number of methoxy groups -OCH3 is 1. The van der Waals surface area contributed by atoms with Gasteiger partial charge in [-0.05, 0) is 67.6 Å². The van der Waals surface area contributed by atoms with Crippen LogP contribution in [0.2, 0.25) is 5.02 Å². The summed E-state index contributed by atoms with van der Waals surface area (Å²) in [5.41, 5.74) is 2.22. The molecule has 1 aliphatic rings. The van der Waals surface area contributed by atoms with Crippen molar-refractivity contribution in [2.24, 2.45) is 5.92 Å². The summed E-state index contributed by atoms with van der Waals surface area (Å²) in [5.74, 6) is 0.474. The molecule has 0 bridgehead atoms. The van der Waals surface area contributed by atoms with E-state index in [9.17, 15) is 9.59 Å². The minimum absolute atomic E-state index is 0.138. The van der Waals surface area contributed by atoms with Crippen LogP contribution in [0.4, 0.5) is 4.79 Å². The average molecular weight is 518 g/mol. The number of likely N-dealkylation sites (N-methyl/N-ethyl adjacent to an activating group) is 1. The maximum absolute atomic E-state index is 13.0. The fraction of sp³-hybridized carbons (Fsp3) is 0.481. The van der Waals surface area contributed by atoms with Gasteiger partial charge >= 0.3 is 6.09 Å². The van der Waals surface area contributed by atoms with Gasteiger partial charge in [-0.1, -0.05) is 35.9 Å². The van der Waals surface area contributed by atoms with Crippen LogP contribution >= 0.6 is 11.6 Å². The smallest absolute Gasteiger partial charge is 0.406 e. The highest BCUT2D eigenvalue weighted by atomic mass is 35.5. The van der Waals surface area contributed by atoms with Crippen molar-refractivity contribution in [2.45, 2.75) is 31.4 Å². The molecule has 1 fully saturated rings. The number of benzene rings is 2. The molecule has 9 heteroatoms. The quantitative estimate of drug-likeness (QED) is 0.369. The molecule has 3 N–H and O–H groups in total. The van der Waals surface area contributed by atoms with Crippen LogP contribution in [-0.2, 0) is 14.2 Å². The Morgan fingerprint density at radius 2 is 1.81 bits per heavy atom. The van der Waals surface area contributed by atoms with E-state index in [2.05, 4.69) is 20.7 Å². The molecule has 1 saturated heterocycles. The third-order valence-electron chi connectivity index (χ3n) is 6.32. The van der Waals surface area contributed by atoms with Crippen LogP contribution < -0.4 is 16.0 Å². The Bertz CT molecular complexity index is 983. The third kappa shape index (κ3) is 8.78. The SMILES string of the molecule is CNC(CNC(=O)c1cccc([C@H](OCCNC(=O)OC)c2cccc(Cl)c2)c1)CC1CCOCC1. The standard InChI is InChI=1S/C27H36ClN3O5/c1-29-24(15-19-9-12-35-13-10-19)18-31-26(32)22-7-3-5-20(16-22)25(21-6-4-8-23(28)17-21)36-14-11-30-27(33)34-2/h3-8,16-17,19,24-25,29H,9-15,18H2,1-2H3,(H,30,33)(H,31,32)/t24?,25-/m0/s1. The first-order valence-corrected chi connectivity index (χ1v) is 12.7. The number of rotatable bonds is 12. The van der Waals surface area contributed by atoms with E-state index in [1.807, 2.05) is 43.4 Å². The first kappa shape index (κ1) is 27.9. The van der Waals surface area contributed by atoms with Crippen LogP contribution in [0, 0.1) is 5.92 Å². The van der Waals surface area contributed by atoms with Gasteiger partial charge in [-0.2, -0.15) is 0 Å². The molecule has 36 heavy (non-hydrogen) atoms. The van der Waals surface area contributed by atoms with Gasteiger partial charge in [0, 0.05) is 42.9 Å². The maximum atomic E-state index is 13.0. The van der Waals surface area contributed by atoms with Crippen molar-refractivity contribution in [3.05, 3.63) is 70.2 Å². The van der Waals surface area contributed by atoms with Crippen LogP contribution in [0.15, 0.2) is 48.5 Å². The zero-order valence-corrected chi connectivity index (χ0v) is 21.7. The summed E-state index contributed by atoms with van der Waals surface area (Å²) in [6.45, 7) is 2.70. The molecule has 8 nitrogen and oxygen atoms in total. The Kier molecular flexibility index (Phi) is 11.5. The number of carbonyl (C=O) groups is 2. The molecule has 2 aromatic carbocycles. The summed E-state index contributed by atoms with van der Waals surface area (Å²) in [6, 6.07) is 15.0. The van der Waals surface area contributed by atoms with Crippen molar-refractivity contribution in [3.63, 3.8) is 0 Å². The molecule has 0 saturated carbocycles. The number of hydrogen-bond donors (Lipinski definition) is 3. The molecule has 196 valence electrons. The number of ether oxygens (including phenoxy) is 3. The molecule has 3 rings (SSSR count). The summed E-state index contributed by atoms with van der Waals surface area (Å²) >= 11 is 6.23. The van der Waals surface area contributed by atoms with Gasteiger partial charge in [0.15, 0.2) is 0 Å². The minimum atomic E-state index is -0.520. The van der Waals surface area contributed by atoms with E-state index in [1.165, 1.54) is 7.11 Å². The second-order valence-corrected chi connectivity index (χ2v) is 9.27. The lowest BCUT2D eigenvalue weighted by Crippen LogP contribution is -2.41. The highest BCUT2D eigenvalue weighted by Crippen LogP contribution is 2.28. The van der Waals surface area contributed by atoms with Gasteiger partial charge in [0.25, 0.3) is 5.91 Å². The molecular weight excluding hydrogens is 482 g/mol. The van der Waals surface area contributed by atoms with E-state index in [0.717, 1.165) is 43.6 Å². The van der Waals surface area contributed by atoms with E-state index in [0.29, 0.717) is 23.0 Å². The summed E-state index contributed by atoms with van der Waals surface area (Å²) in [7, 11) is 3.24. The molecule has 2 amide bonds. The Hall–Kier alpha value is -2.65. The van der Waals surface area contributed by atoms with Gasteiger partial charge < -0.3 is 30.2 Å². The predicted octanol–water partition coefficient (Wildman–Crippen LogP) is 3.94. The highest BCUT2D eigenvalue weighted by molar-refractivity contribution is 6.30. The Morgan fingerprint density at radius 3 is 2.50 bits per heavy atom. The minimum Gasteiger partial charge on any atom is -0.453 e. The molecule has 1 heterocycles. The summed E-state index contributed by atoms with van der Waals surface area (Å²) in [5, 5.41) is 9.59. The molecular formula is C27H36ClN3O5. The number of amides is 2. The van der Waals surface area contributed by atoms with Gasteiger partial charge in [-0.15, -0.1) is 0 Å². The number of alkyl carbamates (subject to hydrolysis) is 1. The van der Waals surface area contributed by atoms with Gasteiger partial charge in [0.1, 0.15) is 6.10 Å². The van der Waals surface area contributed by atoms with E-state index in [1.54, 1.807) is 12.1 Å². The summed E-state index contributed by atoms with van der Waals surface area (Å²) < 4.78 is 16.2. The molecule has 1 aliphatic heterocycles. The number of hydrogen-bond acceptors (Lipinski definition) is 6. The van der Waals surface area contributed by atoms with Crippen LogP contribution in [0.1, 0.15) is 46.9 Å². The van der Waals surface area contributed by atoms with Gasteiger partial charge in [0.05, 0.1) is 13.7 Å². The van der Waals surface area contributed by atoms with Crippen LogP contribution in [0.3, 0.4) is 0 Å². The lowest BCUT2D eigenvalue weighted by atomic mass is 9.92. The number of carbonyl (C=O) groups excluding carboxylic acids is 2. The van der Waals surface area contributed by atoms with E-state index >= 15 is 0 Å². The summed E-state index contributed by atoms with van der Waals surface area (Å²) in [6.07, 6.45) is 2.15. The summed E-state index contributed by atoms with van der Waals surface area (Å²) in [4.78, 5) is 24.4. The molecule has 2 aromatic rings. The Labute approximate surface area is 218 Å². The second kappa shape index (κ2) is 14.8. The lowest BCUT2D eigenvalue weighted by molar-refractivity contribution is 0.0605. The van der Waals surface area contributed by atoms with Crippen molar-refractivity contribution in [2.75, 3.05) is 47.1 Å². The molecule has 0 aliphatic carbocycles. The molecule has 2 atom stereocenters. The zero-order valence-electron chi connectivity index (χ0n) is 20.9. The van der Waals surface area contributed by atoms with Crippen molar-refractivity contribution >= 4 is 23.6 Å². The molecule has 0 radical (unpaired) electrons. The van der Waals surface area contributed by atoms with Crippen molar-refractivity contribution in [3.8, 4) is 0 Å². The number of halogens is 1. The van der Waals surface area contributed by atoms with Gasteiger partial charge in [-0.3, -0.25) is 4.79 Å². The van der Waals surface area contributed by atoms with Crippen molar-refractivity contribution in [1.82, 2.24) is 16.0 Å². The number of nitrogens with one attached hydrogen (secondary N) is 3. The molecule has 0 aromatic heterocycles. The Balaban J connectivity index is 1.66. The largest absolute Gasteiger partial charge is 0.453 e. The molecule has 0 spiro atoms. The van der Waals surface area contributed by atoms with Crippen molar-refractivity contribution < 1.29 is 23.8 Å². The topological polar surface area (TPSA) is 97.9 Å². The zero-order chi connectivity index (χ0) is 25.8. The fourth-order valence-corrected chi connectivity index (χ4v) is 4.50. The van der Waals surface area contributed by atoms with E-state index in [-0.39, 0.29) is 25.1 Å². The molecule has 1 unspecified atom stereocenters. The van der Waals surface area contributed by atoms with E-state index < -0.39 is 12.2 Å². The second-order valence-electron chi connectivity index (χ2n) is 8.84. The van der Waals surface area contributed by atoms with Crippen LogP contribution in [0.25, 0.3) is 0 Å². The van der Waals surface area contributed by atoms with Gasteiger partial charge in [-0.25, -0.2) is 4.79 Å². The van der Waals surface area contributed by atoms with Crippen LogP contribution in [-0.4, -0.2) is 65.1 Å².